The molecule has 3 unspecified atom stereocenters. The number of benzene rings is 3. The van der Waals surface area contributed by atoms with Gasteiger partial charge in [-0.3, -0.25) is 4.79 Å². The molecule has 0 saturated carbocycles. The summed E-state index contributed by atoms with van der Waals surface area (Å²) >= 11 is 0. The number of ether oxygens (including phenoxy) is 2. The van der Waals surface area contributed by atoms with Gasteiger partial charge in [-0.1, -0.05) is 49.4 Å². The second kappa shape index (κ2) is 11.1. The number of carboxylic acids is 1. The number of nitrogens with zero attached hydrogens (tertiary/aromatic N) is 1. The maximum atomic E-state index is 12.4. The minimum atomic E-state index is -2.96. The number of nitriles is 1. The van der Waals surface area contributed by atoms with E-state index in [0.717, 1.165) is 5.56 Å². The van der Waals surface area contributed by atoms with Crippen LogP contribution in [-0.2, 0) is 4.79 Å². The van der Waals surface area contributed by atoms with E-state index in [0.29, 0.717) is 17.1 Å². The normalized spacial score (nSPS) is 13.5. The van der Waals surface area contributed by atoms with E-state index in [1.165, 1.54) is 24.3 Å². The Bertz CT molecular complexity index is 1100. The summed E-state index contributed by atoms with van der Waals surface area (Å²) < 4.78 is 34.9. The first-order valence-corrected chi connectivity index (χ1v) is 10.4. The Labute approximate surface area is 190 Å². The van der Waals surface area contributed by atoms with E-state index in [4.69, 9.17) is 4.74 Å². The van der Waals surface area contributed by atoms with Gasteiger partial charge in [0, 0.05) is 0 Å². The summed E-state index contributed by atoms with van der Waals surface area (Å²) in [6.07, 6.45) is 0.289. The molecule has 0 aliphatic rings. The summed E-state index contributed by atoms with van der Waals surface area (Å²) in [5, 5.41) is 19.6. The third-order valence-corrected chi connectivity index (χ3v) is 5.30. The first kappa shape index (κ1) is 23.7. The lowest BCUT2D eigenvalue weighted by Gasteiger charge is -2.23. The molecule has 1 N–H and O–H groups in total. The fourth-order valence-corrected chi connectivity index (χ4v) is 3.76. The van der Waals surface area contributed by atoms with Crippen LogP contribution in [0.4, 0.5) is 8.78 Å². The molecule has 3 aromatic carbocycles. The molecule has 3 atom stereocenters. The molecule has 33 heavy (non-hydrogen) atoms. The fraction of sp³-hybridized carbons (Fsp3) is 0.231. The number of hydrogen-bond donors (Lipinski definition) is 1. The number of rotatable bonds is 10. The summed E-state index contributed by atoms with van der Waals surface area (Å²) in [6, 6.07) is 24.2. The predicted octanol–water partition coefficient (Wildman–Crippen LogP) is 6.58. The van der Waals surface area contributed by atoms with E-state index >= 15 is 0 Å². The van der Waals surface area contributed by atoms with Gasteiger partial charge in [-0.05, 0) is 59.9 Å². The molecule has 0 aliphatic carbocycles. The van der Waals surface area contributed by atoms with Crippen LogP contribution >= 0.6 is 0 Å². The maximum absolute atomic E-state index is 12.4. The Balaban J connectivity index is 1.76. The molecule has 0 amide bonds. The molecule has 5 nitrogen and oxygen atoms in total. The van der Waals surface area contributed by atoms with Crippen molar-refractivity contribution in [2.75, 3.05) is 0 Å². The quantitative estimate of drug-likeness (QED) is 0.377. The number of aliphatic carboxylic acids is 1. The maximum Gasteiger partial charge on any atom is 0.387 e. The Morgan fingerprint density at radius 2 is 1.61 bits per heavy atom. The van der Waals surface area contributed by atoms with Gasteiger partial charge < -0.3 is 14.6 Å². The second-order valence-corrected chi connectivity index (χ2v) is 7.65. The summed E-state index contributed by atoms with van der Waals surface area (Å²) in [5.74, 6) is -1.73. The number of para-hydroxylation sites is 1. The van der Waals surface area contributed by atoms with Crippen LogP contribution in [-0.4, -0.2) is 17.7 Å². The lowest BCUT2D eigenvalue weighted by atomic mass is 9.80. The molecule has 0 aromatic heterocycles. The summed E-state index contributed by atoms with van der Waals surface area (Å²) in [7, 11) is 0. The molecule has 0 heterocycles. The highest BCUT2D eigenvalue weighted by Gasteiger charge is 2.29. The molecule has 0 spiro atoms. The van der Waals surface area contributed by atoms with Crippen LogP contribution in [0.5, 0.6) is 17.2 Å². The monoisotopic (exact) mass is 451 g/mol. The number of alkyl halides is 2. The molecule has 3 aromatic rings. The Morgan fingerprint density at radius 1 is 0.939 bits per heavy atom. The Morgan fingerprint density at radius 3 is 2.21 bits per heavy atom. The first-order valence-electron chi connectivity index (χ1n) is 10.4. The van der Waals surface area contributed by atoms with Gasteiger partial charge in [-0.15, -0.1) is 0 Å². The van der Waals surface area contributed by atoms with Crippen molar-refractivity contribution in [3.05, 3.63) is 90.0 Å². The molecule has 0 aliphatic heterocycles. The van der Waals surface area contributed by atoms with Gasteiger partial charge in [0.25, 0.3) is 0 Å². The van der Waals surface area contributed by atoms with Crippen molar-refractivity contribution in [1.29, 1.82) is 5.26 Å². The molecule has 7 heteroatoms. The van der Waals surface area contributed by atoms with Crippen LogP contribution in [0, 0.1) is 17.2 Å². The molecule has 0 bridgehead atoms. The molecule has 0 fully saturated rings. The van der Waals surface area contributed by atoms with Crippen molar-refractivity contribution in [3.8, 4) is 23.3 Å². The van der Waals surface area contributed by atoms with E-state index in [2.05, 4.69) is 10.8 Å². The van der Waals surface area contributed by atoms with Crippen molar-refractivity contribution in [3.63, 3.8) is 0 Å². The summed E-state index contributed by atoms with van der Waals surface area (Å²) in [6.45, 7) is -1.19. The third-order valence-electron chi connectivity index (χ3n) is 5.30. The fourth-order valence-electron chi connectivity index (χ4n) is 3.76. The molecular weight excluding hydrogens is 428 g/mol. The lowest BCUT2D eigenvalue weighted by Crippen LogP contribution is -2.21. The van der Waals surface area contributed by atoms with Crippen molar-refractivity contribution in [2.45, 2.75) is 31.8 Å². The van der Waals surface area contributed by atoms with Gasteiger partial charge in [-0.2, -0.15) is 14.0 Å². The Hall–Kier alpha value is -3.92. The van der Waals surface area contributed by atoms with Gasteiger partial charge in [-0.25, -0.2) is 0 Å². The van der Waals surface area contributed by atoms with E-state index in [-0.39, 0.29) is 12.2 Å². The molecule has 0 radical (unpaired) electrons. The Kier molecular flexibility index (Phi) is 7.98. The lowest BCUT2D eigenvalue weighted by molar-refractivity contribution is -0.140. The molecule has 170 valence electrons. The number of carbonyl (C=O) groups is 1. The van der Waals surface area contributed by atoms with Crippen molar-refractivity contribution >= 4 is 5.97 Å². The SMILES string of the molecule is CC(CC(C#N)c1cccc(Oc2ccccc2)c1)C(C(=O)O)c1ccc(OC(F)F)cc1. The van der Waals surface area contributed by atoms with Gasteiger partial charge in [0.05, 0.1) is 17.9 Å². The predicted molar refractivity (Wildman–Crippen MR) is 119 cm³/mol. The van der Waals surface area contributed by atoms with Gasteiger partial charge in [0.15, 0.2) is 0 Å². The molecule has 3 rings (SSSR count). The van der Waals surface area contributed by atoms with Crippen LogP contribution in [0.2, 0.25) is 0 Å². The average molecular weight is 451 g/mol. The number of hydrogen-bond acceptors (Lipinski definition) is 4. The van der Waals surface area contributed by atoms with E-state index in [1.807, 2.05) is 36.4 Å². The highest BCUT2D eigenvalue weighted by molar-refractivity contribution is 5.76. The molecule has 0 saturated heterocycles. The van der Waals surface area contributed by atoms with Crippen LogP contribution < -0.4 is 9.47 Å². The highest BCUT2D eigenvalue weighted by Crippen LogP contribution is 2.35. The second-order valence-electron chi connectivity index (χ2n) is 7.65. The van der Waals surface area contributed by atoms with Crippen molar-refractivity contribution in [1.82, 2.24) is 0 Å². The highest BCUT2D eigenvalue weighted by atomic mass is 19.3. The topological polar surface area (TPSA) is 79.5 Å². The van der Waals surface area contributed by atoms with E-state index in [1.54, 1.807) is 25.1 Å². The summed E-state index contributed by atoms with van der Waals surface area (Å²) in [4.78, 5) is 12.0. The van der Waals surface area contributed by atoms with E-state index in [9.17, 15) is 23.9 Å². The molecular formula is C26H23F2NO4. The van der Waals surface area contributed by atoms with Crippen LogP contribution in [0.15, 0.2) is 78.9 Å². The first-order chi connectivity index (χ1) is 15.9. The summed E-state index contributed by atoms with van der Waals surface area (Å²) in [5.41, 5.74) is 1.18. The van der Waals surface area contributed by atoms with Crippen LogP contribution in [0.25, 0.3) is 0 Å². The van der Waals surface area contributed by atoms with E-state index < -0.39 is 30.3 Å². The number of carboxylic acid groups (broad SMARTS) is 1. The number of halogens is 2. The van der Waals surface area contributed by atoms with Crippen LogP contribution in [0.1, 0.15) is 36.3 Å². The van der Waals surface area contributed by atoms with Crippen molar-refractivity contribution < 1.29 is 28.2 Å². The zero-order valence-corrected chi connectivity index (χ0v) is 17.9. The zero-order valence-electron chi connectivity index (χ0n) is 17.9. The van der Waals surface area contributed by atoms with Gasteiger partial charge >= 0.3 is 12.6 Å². The average Bonchev–Trinajstić information content (AvgIpc) is 2.79. The van der Waals surface area contributed by atoms with Crippen LogP contribution in [0.3, 0.4) is 0 Å². The van der Waals surface area contributed by atoms with Gasteiger partial charge in [0.1, 0.15) is 17.2 Å². The third kappa shape index (κ3) is 6.53. The minimum absolute atomic E-state index is 0.0457. The minimum Gasteiger partial charge on any atom is -0.481 e. The zero-order chi connectivity index (χ0) is 23.8. The smallest absolute Gasteiger partial charge is 0.387 e. The van der Waals surface area contributed by atoms with Gasteiger partial charge in [0.2, 0.25) is 0 Å². The van der Waals surface area contributed by atoms with Crippen molar-refractivity contribution in [2.24, 2.45) is 5.92 Å². The largest absolute Gasteiger partial charge is 0.481 e. The standard InChI is InChI=1S/C26H23F2NO4/c1-17(24(25(30)31)18-10-12-22(13-11-18)33-26(27)28)14-20(16-29)19-6-5-9-23(15-19)32-21-7-3-2-4-8-21/h2-13,15,17,20,24,26H,14H2,1H3,(H,30,31).